The van der Waals surface area contributed by atoms with E-state index in [0.29, 0.717) is 12.8 Å². The Labute approximate surface area is 54.5 Å². The lowest BCUT2D eigenvalue weighted by molar-refractivity contribution is -0.112. The van der Waals surface area contributed by atoms with Crippen molar-refractivity contribution >= 4 is 0 Å². The number of nitrogens with two attached hydrogens (primary N) is 1. The zero-order chi connectivity index (χ0) is 7.12. The van der Waals surface area contributed by atoms with Crippen LogP contribution in [0.5, 0.6) is 0 Å². The molecule has 1 aliphatic rings. The minimum absolute atomic E-state index is 0.167. The molecule has 9 heavy (non-hydrogen) atoms. The predicted molar refractivity (Wildman–Crippen MR) is 33.9 cm³/mol. The van der Waals surface area contributed by atoms with E-state index in [2.05, 4.69) is 0 Å². The number of aliphatic hydroxyl groups excluding tert-OH is 1. The molecule has 0 aromatic heterocycles. The van der Waals surface area contributed by atoms with Gasteiger partial charge in [0.1, 0.15) is 0 Å². The van der Waals surface area contributed by atoms with Crippen molar-refractivity contribution in [1.82, 2.24) is 0 Å². The Hall–Kier alpha value is -0.120. The van der Waals surface area contributed by atoms with Crippen molar-refractivity contribution in [2.45, 2.75) is 30.9 Å². The molecule has 0 heterocycles. The highest BCUT2D eigenvalue weighted by atomic mass is 16.3. The van der Waals surface area contributed by atoms with Crippen LogP contribution in [0, 0.1) is 0 Å². The SMILES string of the molecule is CC1(N)CC(O)(CO)C1. The summed E-state index contributed by atoms with van der Waals surface area (Å²) in [6, 6.07) is 0. The van der Waals surface area contributed by atoms with Crippen LogP contribution in [0.4, 0.5) is 0 Å². The Bertz CT molecular complexity index is 114. The molecule has 0 amide bonds. The second-order valence-corrected chi connectivity index (χ2v) is 3.39. The van der Waals surface area contributed by atoms with E-state index < -0.39 is 5.60 Å². The first-order chi connectivity index (χ1) is 3.97. The zero-order valence-electron chi connectivity index (χ0n) is 5.59. The average molecular weight is 131 g/mol. The van der Waals surface area contributed by atoms with Crippen LogP contribution in [-0.4, -0.2) is 28.0 Å². The van der Waals surface area contributed by atoms with Gasteiger partial charge in [0.05, 0.1) is 12.2 Å². The summed E-state index contributed by atoms with van der Waals surface area (Å²) in [4.78, 5) is 0. The van der Waals surface area contributed by atoms with Crippen LogP contribution in [0.15, 0.2) is 0 Å². The van der Waals surface area contributed by atoms with Gasteiger partial charge in [0.15, 0.2) is 0 Å². The summed E-state index contributed by atoms with van der Waals surface area (Å²) in [6.07, 6.45) is 1.02. The molecular formula is C6H13NO2. The summed E-state index contributed by atoms with van der Waals surface area (Å²) in [5.41, 5.74) is 4.48. The van der Waals surface area contributed by atoms with Gasteiger partial charge < -0.3 is 15.9 Å². The molecule has 4 N–H and O–H groups in total. The lowest BCUT2D eigenvalue weighted by Crippen LogP contribution is -2.61. The molecule has 1 aliphatic carbocycles. The number of hydrogen-bond acceptors (Lipinski definition) is 3. The molecule has 3 nitrogen and oxygen atoms in total. The number of aliphatic hydroxyl groups is 2. The van der Waals surface area contributed by atoms with Crippen molar-refractivity contribution in [3.8, 4) is 0 Å². The molecule has 0 atom stereocenters. The van der Waals surface area contributed by atoms with Gasteiger partial charge in [-0.25, -0.2) is 0 Å². The number of rotatable bonds is 1. The van der Waals surface area contributed by atoms with Gasteiger partial charge in [-0.05, 0) is 19.8 Å². The maximum Gasteiger partial charge on any atom is 0.0912 e. The summed E-state index contributed by atoms with van der Waals surface area (Å²) in [6.45, 7) is 1.71. The molecular weight excluding hydrogens is 118 g/mol. The fourth-order valence-corrected chi connectivity index (χ4v) is 1.56. The third kappa shape index (κ3) is 1.23. The van der Waals surface area contributed by atoms with Gasteiger partial charge in [0.25, 0.3) is 0 Å². The van der Waals surface area contributed by atoms with Crippen molar-refractivity contribution in [2.75, 3.05) is 6.61 Å². The molecule has 0 aromatic carbocycles. The maximum atomic E-state index is 9.22. The van der Waals surface area contributed by atoms with Crippen LogP contribution in [0.25, 0.3) is 0 Å². The molecule has 1 fully saturated rings. The summed E-state index contributed by atoms with van der Waals surface area (Å²) < 4.78 is 0. The molecule has 0 aliphatic heterocycles. The third-order valence-electron chi connectivity index (χ3n) is 1.76. The molecule has 0 unspecified atom stereocenters. The molecule has 0 aromatic rings. The minimum Gasteiger partial charge on any atom is -0.393 e. The molecule has 0 radical (unpaired) electrons. The molecule has 1 saturated carbocycles. The van der Waals surface area contributed by atoms with Gasteiger partial charge in [0.2, 0.25) is 0 Å². The van der Waals surface area contributed by atoms with Gasteiger partial charge >= 0.3 is 0 Å². The van der Waals surface area contributed by atoms with Crippen molar-refractivity contribution in [3.05, 3.63) is 0 Å². The second-order valence-electron chi connectivity index (χ2n) is 3.39. The van der Waals surface area contributed by atoms with Crippen LogP contribution in [0.1, 0.15) is 19.8 Å². The van der Waals surface area contributed by atoms with E-state index in [1.807, 2.05) is 6.92 Å². The van der Waals surface area contributed by atoms with E-state index in [1.165, 1.54) is 0 Å². The smallest absolute Gasteiger partial charge is 0.0912 e. The first-order valence-electron chi connectivity index (χ1n) is 3.10. The van der Waals surface area contributed by atoms with Gasteiger partial charge in [-0.2, -0.15) is 0 Å². The zero-order valence-corrected chi connectivity index (χ0v) is 5.59. The Morgan fingerprint density at radius 1 is 1.56 bits per heavy atom. The molecule has 3 heteroatoms. The highest BCUT2D eigenvalue weighted by molar-refractivity contribution is 5.05. The van der Waals surface area contributed by atoms with Crippen molar-refractivity contribution in [2.24, 2.45) is 5.73 Å². The second kappa shape index (κ2) is 1.68. The van der Waals surface area contributed by atoms with Crippen LogP contribution >= 0.6 is 0 Å². The van der Waals surface area contributed by atoms with E-state index in [-0.39, 0.29) is 12.1 Å². The highest BCUT2D eigenvalue weighted by Gasteiger charge is 2.47. The highest BCUT2D eigenvalue weighted by Crippen LogP contribution is 2.38. The standard InChI is InChI=1S/C6H13NO2/c1-5(7)2-6(9,3-5)4-8/h8-9H,2-4,7H2,1H3. The average Bonchev–Trinajstić information content (AvgIpc) is 1.61. The third-order valence-corrected chi connectivity index (χ3v) is 1.76. The largest absolute Gasteiger partial charge is 0.393 e. The molecule has 0 spiro atoms. The summed E-state index contributed by atoms with van der Waals surface area (Å²) >= 11 is 0. The molecule has 54 valence electrons. The van der Waals surface area contributed by atoms with E-state index in [4.69, 9.17) is 10.8 Å². The summed E-state index contributed by atoms with van der Waals surface area (Å²) in [7, 11) is 0. The maximum absolute atomic E-state index is 9.22. The van der Waals surface area contributed by atoms with Crippen molar-refractivity contribution < 1.29 is 10.2 Å². The normalized spacial score (nSPS) is 50.7. The lowest BCUT2D eigenvalue weighted by Gasteiger charge is -2.48. The Balaban J connectivity index is 2.41. The van der Waals surface area contributed by atoms with Gasteiger partial charge in [-0.1, -0.05) is 0 Å². The van der Waals surface area contributed by atoms with Crippen LogP contribution in [-0.2, 0) is 0 Å². The van der Waals surface area contributed by atoms with E-state index >= 15 is 0 Å². The van der Waals surface area contributed by atoms with E-state index in [1.54, 1.807) is 0 Å². The van der Waals surface area contributed by atoms with Crippen molar-refractivity contribution in [1.29, 1.82) is 0 Å². The summed E-state index contributed by atoms with van der Waals surface area (Å²) in [5, 5.41) is 17.8. The minimum atomic E-state index is -0.872. The van der Waals surface area contributed by atoms with E-state index in [9.17, 15) is 5.11 Å². The van der Waals surface area contributed by atoms with Gasteiger partial charge in [-0.3, -0.25) is 0 Å². The fourth-order valence-electron chi connectivity index (χ4n) is 1.56. The van der Waals surface area contributed by atoms with E-state index in [0.717, 1.165) is 0 Å². The number of hydrogen-bond donors (Lipinski definition) is 3. The first kappa shape index (κ1) is 6.99. The van der Waals surface area contributed by atoms with Crippen LogP contribution in [0.2, 0.25) is 0 Å². The first-order valence-corrected chi connectivity index (χ1v) is 3.10. The van der Waals surface area contributed by atoms with Gasteiger partial charge in [-0.15, -0.1) is 0 Å². The summed E-state index contributed by atoms with van der Waals surface area (Å²) in [5.74, 6) is 0. The predicted octanol–water partition coefficient (Wildman–Crippen LogP) is -0.779. The van der Waals surface area contributed by atoms with Crippen molar-refractivity contribution in [3.63, 3.8) is 0 Å². The lowest BCUT2D eigenvalue weighted by atomic mass is 9.67. The fraction of sp³-hybridized carbons (Fsp3) is 1.00. The Morgan fingerprint density at radius 2 is 2.00 bits per heavy atom. The van der Waals surface area contributed by atoms with Gasteiger partial charge in [0, 0.05) is 5.54 Å². The Kier molecular flexibility index (Phi) is 1.31. The molecule has 1 rings (SSSR count). The topological polar surface area (TPSA) is 66.5 Å². The molecule has 0 bridgehead atoms. The monoisotopic (exact) mass is 131 g/mol. The van der Waals surface area contributed by atoms with Crippen LogP contribution in [0.3, 0.4) is 0 Å². The van der Waals surface area contributed by atoms with Crippen LogP contribution < -0.4 is 5.73 Å². The quantitative estimate of drug-likeness (QED) is 0.437. The Morgan fingerprint density at radius 3 is 2.11 bits per heavy atom. The molecule has 0 saturated heterocycles.